The molecule has 2 rings (SSSR count). The van der Waals surface area contributed by atoms with Crippen LogP contribution in [0.15, 0.2) is 0 Å². The van der Waals surface area contributed by atoms with Crippen LogP contribution >= 0.6 is 0 Å². The fourth-order valence-corrected chi connectivity index (χ4v) is 1.64. The van der Waals surface area contributed by atoms with Gasteiger partial charge in [-0.25, -0.2) is 0 Å². The molecule has 12 heavy (non-hydrogen) atoms. The van der Waals surface area contributed by atoms with Crippen LogP contribution in [0.5, 0.6) is 0 Å². The summed E-state index contributed by atoms with van der Waals surface area (Å²) < 4.78 is 16.7. The fraction of sp³-hybridized carbons (Fsp3) is 1.00. The molecule has 2 atom stereocenters. The average molecular weight is 172 g/mol. The minimum Gasteiger partial charge on any atom is -0.376 e. The van der Waals surface area contributed by atoms with Crippen LogP contribution in [0.4, 0.5) is 0 Å². The molecule has 1 spiro atoms. The molecule has 0 saturated carbocycles. The van der Waals surface area contributed by atoms with Crippen molar-refractivity contribution in [3.63, 3.8) is 0 Å². The van der Waals surface area contributed by atoms with Crippen LogP contribution in [0.25, 0.3) is 0 Å². The zero-order chi connectivity index (χ0) is 8.60. The summed E-state index contributed by atoms with van der Waals surface area (Å²) in [6.07, 6.45) is 1.14. The van der Waals surface area contributed by atoms with E-state index in [2.05, 4.69) is 13.8 Å². The van der Waals surface area contributed by atoms with Crippen LogP contribution in [0.1, 0.15) is 20.3 Å². The van der Waals surface area contributed by atoms with E-state index in [1.807, 2.05) is 0 Å². The summed E-state index contributed by atoms with van der Waals surface area (Å²) in [6, 6.07) is 0. The van der Waals surface area contributed by atoms with Gasteiger partial charge in [-0.15, -0.1) is 0 Å². The van der Waals surface area contributed by atoms with Gasteiger partial charge >= 0.3 is 0 Å². The summed E-state index contributed by atoms with van der Waals surface area (Å²) in [5.74, 6) is 0.152. The second-order valence-corrected chi connectivity index (χ2v) is 3.92. The van der Waals surface area contributed by atoms with Gasteiger partial charge in [-0.2, -0.15) is 0 Å². The molecule has 0 aliphatic carbocycles. The lowest BCUT2D eigenvalue weighted by molar-refractivity contribution is -0.168. The number of hydrogen-bond donors (Lipinski definition) is 0. The molecule has 2 fully saturated rings. The molecule has 3 nitrogen and oxygen atoms in total. The van der Waals surface area contributed by atoms with Gasteiger partial charge in [-0.05, 0) is 5.92 Å². The third-order valence-electron chi connectivity index (χ3n) is 2.57. The van der Waals surface area contributed by atoms with Crippen molar-refractivity contribution in [1.82, 2.24) is 0 Å². The Labute approximate surface area is 73.0 Å². The van der Waals surface area contributed by atoms with Crippen LogP contribution < -0.4 is 0 Å². The third kappa shape index (κ3) is 1.37. The average Bonchev–Trinajstić information content (AvgIpc) is 2.62. The second-order valence-electron chi connectivity index (χ2n) is 3.92. The van der Waals surface area contributed by atoms with Crippen molar-refractivity contribution in [2.75, 3.05) is 19.8 Å². The topological polar surface area (TPSA) is 27.7 Å². The lowest BCUT2D eigenvalue weighted by Crippen LogP contribution is -2.31. The van der Waals surface area contributed by atoms with Gasteiger partial charge in [0.2, 0.25) is 0 Å². The zero-order valence-corrected chi connectivity index (χ0v) is 7.71. The van der Waals surface area contributed by atoms with E-state index in [-0.39, 0.29) is 11.9 Å². The smallest absolute Gasteiger partial charge is 0.194 e. The second kappa shape index (κ2) is 2.98. The van der Waals surface area contributed by atoms with Gasteiger partial charge in [-0.3, -0.25) is 0 Å². The van der Waals surface area contributed by atoms with E-state index in [0.29, 0.717) is 12.5 Å². The van der Waals surface area contributed by atoms with Crippen LogP contribution in [0, 0.1) is 5.92 Å². The van der Waals surface area contributed by atoms with E-state index in [9.17, 15) is 0 Å². The molecule has 0 aromatic carbocycles. The SMILES string of the molecule is CC(C)C1COC2(CCOC2)O1. The van der Waals surface area contributed by atoms with Crippen molar-refractivity contribution in [2.45, 2.75) is 32.2 Å². The number of hydrogen-bond acceptors (Lipinski definition) is 3. The molecule has 2 aliphatic heterocycles. The largest absolute Gasteiger partial charge is 0.376 e. The van der Waals surface area contributed by atoms with E-state index in [0.717, 1.165) is 19.6 Å². The van der Waals surface area contributed by atoms with Crippen LogP contribution in [-0.4, -0.2) is 31.7 Å². The molecule has 2 unspecified atom stereocenters. The van der Waals surface area contributed by atoms with Gasteiger partial charge < -0.3 is 14.2 Å². The van der Waals surface area contributed by atoms with Crippen molar-refractivity contribution in [3.8, 4) is 0 Å². The number of rotatable bonds is 1. The lowest BCUT2D eigenvalue weighted by Gasteiger charge is -2.21. The van der Waals surface area contributed by atoms with Crippen molar-refractivity contribution in [1.29, 1.82) is 0 Å². The maximum Gasteiger partial charge on any atom is 0.194 e. The van der Waals surface area contributed by atoms with Crippen molar-refractivity contribution < 1.29 is 14.2 Å². The first-order chi connectivity index (χ1) is 5.72. The minimum atomic E-state index is -0.380. The monoisotopic (exact) mass is 172 g/mol. The standard InChI is InChI=1S/C9H16O3/c1-7(2)8-5-11-9(12-8)3-4-10-6-9/h7-8H,3-6H2,1-2H3. The summed E-state index contributed by atoms with van der Waals surface area (Å²) in [5, 5.41) is 0. The quantitative estimate of drug-likeness (QED) is 0.594. The Bertz CT molecular complexity index is 161. The molecule has 2 aliphatic rings. The normalized spacial score (nSPS) is 41.8. The van der Waals surface area contributed by atoms with Gasteiger partial charge in [0.1, 0.15) is 6.61 Å². The summed E-state index contributed by atoms with van der Waals surface area (Å²) in [6.45, 7) is 6.41. The Morgan fingerprint density at radius 2 is 2.25 bits per heavy atom. The highest BCUT2D eigenvalue weighted by Crippen LogP contribution is 2.33. The van der Waals surface area contributed by atoms with Gasteiger partial charge in [0.05, 0.1) is 19.3 Å². The lowest BCUT2D eigenvalue weighted by atomic mass is 10.1. The van der Waals surface area contributed by atoms with Crippen LogP contribution in [0.3, 0.4) is 0 Å². The first-order valence-corrected chi connectivity index (χ1v) is 4.61. The van der Waals surface area contributed by atoms with Gasteiger partial charge in [0.15, 0.2) is 5.79 Å². The van der Waals surface area contributed by atoms with E-state index in [4.69, 9.17) is 14.2 Å². The summed E-state index contributed by atoms with van der Waals surface area (Å²) in [4.78, 5) is 0. The van der Waals surface area contributed by atoms with E-state index >= 15 is 0 Å². The predicted octanol–water partition coefficient (Wildman–Crippen LogP) is 1.17. The minimum absolute atomic E-state index is 0.256. The Hall–Kier alpha value is -0.120. The highest BCUT2D eigenvalue weighted by atomic mass is 16.8. The van der Waals surface area contributed by atoms with Crippen LogP contribution in [0.2, 0.25) is 0 Å². The van der Waals surface area contributed by atoms with Crippen molar-refractivity contribution in [2.24, 2.45) is 5.92 Å². The Kier molecular flexibility index (Phi) is 2.10. The van der Waals surface area contributed by atoms with Gasteiger partial charge in [0.25, 0.3) is 0 Å². The Morgan fingerprint density at radius 3 is 2.75 bits per heavy atom. The fourth-order valence-electron chi connectivity index (χ4n) is 1.64. The Morgan fingerprint density at radius 1 is 1.42 bits per heavy atom. The van der Waals surface area contributed by atoms with Crippen molar-refractivity contribution >= 4 is 0 Å². The van der Waals surface area contributed by atoms with Gasteiger partial charge in [0, 0.05) is 6.42 Å². The van der Waals surface area contributed by atoms with E-state index in [1.54, 1.807) is 0 Å². The Balaban J connectivity index is 1.96. The van der Waals surface area contributed by atoms with E-state index < -0.39 is 0 Å². The number of ether oxygens (including phenoxy) is 3. The molecule has 3 heteroatoms. The first-order valence-electron chi connectivity index (χ1n) is 4.61. The summed E-state index contributed by atoms with van der Waals surface area (Å²) in [7, 11) is 0. The maximum atomic E-state index is 5.82. The molecule has 2 heterocycles. The molecule has 70 valence electrons. The predicted molar refractivity (Wildman–Crippen MR) is 43.8 cm³/mol. The highest BCUT2D eigenvalue weighted by molar-refractivity contribution is 4.83. The summed E-state index contributed by atoms with van der Waals surface area (Å²) in [5.41, 5.74) is 0. The molecule has 0 N–H and O–H groups in total. The molecule has 0 aromatic rings. The molecule has 0 bridgehead atoms. The molecule has 2 saturated heterocycles. The molecule has 0 radical (unpaired) electrons. The maximum absolute atomic E-state index is 5.82. The van der Waals surface area contributed by atoms with Crippen molar-refractivity contribution in [3.05, 3.63) is 0 Å². The van der Waals surface area contributed by atoms with Gasteiger partial charge in [-0.1, -0.05) is 13.8 Å². The van der Waals surface area contributed by atoms with E-state index in [1.165, 1.54) is 0 Å². The zero-order valence-electron chi connectivity index (χ0n) is 7.71. The molecule has 0 amide bonds. The molecule has 0 aromatic heterocycles. The summed E-state index contributed by atoms with van der Waals surface area (Å²) >= 11 is 0. The molecular formula is C9H16O3. The highest BCUT2D eigenvalue weighted by Gasteiger charge is 2.45. The van der Waals surface area contributed by atoms with Crippen LogP contribution in [-0.2, 0) is 14.2 Å². The first kappa shape index (κ1) is 8.48. The third-order valence-corrected chi connectivity index (χ3v) is 2.57. The molecular weight excluding hydrogens is 156 g/mol.